The van der Waals surface area contributed by atoms with E-state index in [1.807, 2.05) is 27.7 Å². The van der Waals surface area contributed by atoms with Crippen LogP contribution >= 0.6 is 0 Å². The predicted molar refractivity (Wildman–Crippen MR) is 100 cm³/mol. The van der Waals surface area contributed by atoms with Crippen LogP contribution in [0.3, 0.4) is 0 Å². The minimum atomic E-state index is -0.250. The molecule has 138 valence electrons. The lowest BCUT2D eigenvalue weighted by Gasteiger charge is -2.07. The van der Waals surface area contributed by atoms with Gasteiger partial charge in [0.05, 0.1) is 0 Å². The number of aliphatic hydroxyl groups is 1. The summed E-state index contributed by atoms with van der Waals surface area (Å²) >= 11 is 0. The molecule has 0 aromatic carbocycles. The van der Waals surface area contributed by atoms with E-state index >= 15 is 0 Å². The highest BCUT2D eigenvalue weighted by Gasteiger charge is 2.23. The molecule has 4 heteroatoms. The molecule has 0 amide bonds. The molecule has 1 saturated carbocycles. The van der Waals surface area contributed by atoms with E-state index in [9.17, 15) is 0 Å². The van der Waals surface area contributed by atoms with E-state index in [4.69, 9.17) is 15.0 Å². The fourth-order valence-electron chi connectivity index (χ4n) is 1.85. The molecule has 1 atom stereocenters. The van der Waals surface area contributed by atoms with Gasteiger partial charge in [-0.15, -0.1) is 13.2 Å². The van der Waals surface area contributed by atoms with Crippen LogP contribution in [-0.4, -0.2) is 36.4 Å². The number of carboxylic acid groups (broad SMARTS) is 1. The van der Waals surface area contributed by atoms with Gasteiger partial charge in [0.2, 0.25) is 0 Å². The van der Waals surface area contributed by atoms with E-state index in [2.05, 4.69) is 18.5 Å². The number of carbonyl (C=O) groups is 1. The number of nitrogens with one attached hydrogen (secondary N) is 1. The quantitative estimate of drug-likeness (QED) is 0.519. The molecule has 2 rings (SSSR count). The maximum absolute atomic E-state index is 8.36. The first kappa shape index (κ1) is 32.9. The van der Waals surface area contributed by atoms with Gasteiger partial charge in [0.1, 0.15) is 0 Å². The van der Waals surface area contributed by atoms with E-state index < -0.39 is 0 Å². The Kier molecular flexibility index (Phi) is 55.2. The van der Waals surface area contributed by atoms with Gasteiger partial charge < -0.3 is 15.5 Å². The Morgan fingerprint density at radius 2 is 1.45 bits per heavy atom. The van der Waals surface area contributed by atoms with Crippen molar-refractivity contribution >= 4 is 6.47 Å². The SMILES string of the molecule is C.C1CNC(CCC2CC2)C1.C=C.CC.CC.CO.O=CO. The van der Waals surface area contributed by atoms with Gasteiger partial charge in [-0.2, -0.15) is 0 Å². The van der Waals surface area contributed by atoms with Crippen molar-refractivity contribution in [3.8, 4) is 0 Å². The topological polar surface area (TPSA) is 69.6 Å². The molecule has 0 aromatic heterocycles. The number of rotatable bonds is 3. The minimum absolute atomic E-state index is 0. The summed E-state index contributed by atoms with van der Waals surface area (Å²) < 4.78 is 0. The molecule has 1 aliphatic heterocycles. The summed E-state index contributed by atoms with van der Waals surface area (Å²) in [5.41, 5.74) is 0. The summed E-state index contributed by atoms with van der Waals surface area (Å²) in [5.74, 6) is 1.13. The zero-order valence-corrected chi connectivity index (χ0v) is 14.9. The molecule has 2 fully saturated rings. The third kappa shape index (κ3) is 31.5. The van der Waals surface area contributed by atoms with Crippen molar-refractivity contribution in [1.29, 1.82) is 0 Å². The first-order valence-electron chi connectivity index (χ1n) is 8.12. The molecule has 0 bridgehead atoms. The van der Waals surface area contributed by atoms with Gasteiger partial charge in [-0.1, -0.05) is 48.0 Å². The lowest BCUT2D eigenvalue weighted by atomic mass is 10.1. The maximum Gasteiger partial charge on any atom is 0.290 e. The van der Waals surface area contributed by atoms with E-state index in [0.29, 0.717) is 0 Å². The average Bonchev–Trinajstić information content (AvgIpc) is 3.28. The highest BCUT2D eigenvalue weighted by Crippen LogP contribution is 2.34. The van der Waals surface area contributed by atoms with Crippen molar-refractivity contribution in [3.05, 3.63) is 13.2 Å². The van der Waals surface area contributed by atoms with Crippen LogP contribution in [0.4, 0.5) is 0 Å². The summed E-state index contributed by atoms with van der Waals surface area (Å²) in [6, 6.07) is 0.889. The Bertz CT molecular complexity index is 156. The second-order valence-electron chi connectivity index (χ2n) is 3.92. The standard InChI is InChI=1S/C9H17N.2C2H6.C2H4.CH2O2.CH4O.CH4/c1-2-9(10-7-1)6-5-8-3-4-8;3*1-2;2-1-3;1-2;/h8-10H,1-7H2;2*1-2H3;1-2H2;1H,(H,2,3);2H,1H3;1H4. The van der Waals surface area contributed by atoms with Gasteiger partial charge in [-0.3, -0.25) is 4.79 Å². The highest BCUT2D eigenvalue weighted by atomic mass is 16.3. The Labute approximate surface area is 140 Å². The van der Waals surface area contributed by atoms with Gasteiger partial charge >= 0.3 is 0 Å². The Morgan fingerprint density at radius 1 is 1.05 bits per heavy atom. The summed E-state index contributed by atoms with van der Waals surface area (Å²) in [6.07, 6.45) is 8.84. The van der Waals surface area contributed by atoms with Crippen LogP contribution in [0.15, 0.2) is 13.2 Å². The molecular weight excluding hydrogens is 278 g/mol. The molecule has 1 saturated heterocycles. The molecule has 4 nitrogen and oxygen atoms in total. The second-order valence-corrected chi connectivity index (χ2v) is 3.92. The molecule has 1 heterocycles. The second kappa shape index (κ2) is 36.9. The van der Waals surface area contributed by atoms with Crippen LogP contribution in [0.1, 0.15) is 73.6 Å². The molecule has 22 heavy (non-hydrogen) atoms. The number of aliphatic hydroxyl groups excluding tert-OH is 1. The van der Waals surface area contributed by atoms with Crippen LogP contribution in [0.2, 0.25) is 0 Å². The normalized spacial score (nSPS) is 16.5. The molecule has 1 unspecified atom stereocenters. The van der Waals surface area contributed by atoms with Gasteiger partial charge in [0.15, 0.2) is 0 Å². The van der Waals surface area contributed by atoms with Crippen molar-refractivity contribution in [2.75, 3.05) is 13.7 Å². The van der Waals surface area contributed by atoms with Crippen LogP contribution < -0.4 is 5.32 Å². The third-order valence-corrected chi connectivity index (χ3v) is 2.78. The van der Waals surface area contributed by atoms with Crippen LogP contribution in [0.25, 0.3) is 0 Å². The Hall–Kier alpha value is -0.870. The maximum atomic E-state index is 8.36. The number of hydrogen-bond acceptors (Lipinski definition) is 3. The van der Waals surface area contributed by atoms with E-state index in [-0.39, 0.29) is 13.9 Å². The smallest absolute Gasteiger partial charge is 0.290 e. The monoisotopic (exact) mass is 321 g/mol. The van der Waals surface area contributed by atoms with Crippen LogP contribution in [0.5, 0.6) is 0 Å². The largest absolute Gasteiger partial charge is 0.483 e. The van der Waals surface area contributed by atoms with E-state index in [0.717, 1.165) is 19.1 Å². The van der Waals surface area contributed by atoms with E-state index in [1.54, 1.807) is 0 Å². The Balaban J connectivity index is -0.0000000692. The minimum Gasteiger partial charge on any atom is -0.483 e. The van der Waals surface area contributed by atoms with Crippen molar-refractivity contribution in [3.63, 3.8) is 0 Å². The summed E-state index contributed by atoms with van der Waals surface area (Å²) in [6.45, 7) is 15.0. The first-order chi connectivity index (χ1) is 10.4. The van der Waals surface area contributed by atoms with E-state index in [1.165, 1.54) is 45.1 Å². The fraction of sp³-hybridized carbons (Fsp3) is 0.833. The van der Waals surface area contributed by atoms with Gasteiger partial charge in [0, 0.05) is 13.2 Å². The zero-order chi connectivity index (χ0) is 17.5. The molecular formula is C18H43NO3. The van der Waals surface area contributed by atoms with Crippen molar-refractivity contribution < 1.29 is 15.0 Å². The first-order valence-corrected chi connectivity index (χ1v) is 8.12. The highest BCUT2D eigenvalue weighted by molar-refractivity contribution is 5.32. The van der Waals surface area contributed by atoms with Crippen molar-refractivity contribution in [2.24, 2.45) is 5.92 Å². The molecule has 0 radical (unpaired) electrons. The predicted octanol–water partition coefficient (Wildman–Crippen LogP) is 4.73. The fourth-order valence-corrected chi connectivity index (χ4v) is 1.85. The number of hydrogen-bond donors (Lipinski definition) is 3. The molecule has 0 aromatic rings. The Morgan fingerprint density at radius 3 is 1.73 bits per heavy atom. The third-order valence-electron chi connectivity index (χ3n) is 2.78. The van der Waals surface area contributed by atoms with Crippen LogP contribution in [-0.2, 0) is 4.79 Å². The van der Waals surface area contributed by atoms with Gasteiger partial charge in [0.25, 0.3) is 6.47 Å². The van der Waals surface area contributed by atoms with Crippen LogP contribution in [0, 0.1) is 5.92 Å². The lowest BCUT2D eigenvalue weighted by molar-refractivity contribution is -0.122. The van der Waals surface area contributed by atoms with Crippen molar-refractivity contribution in [2.45, 2.75) is 79.7 Å². The molecule has 2 aliphatic rings. The lowest BCUT2D eigenvalue weighted by Crippen LogP contribution is -2.20. The van der Waals surface area contributed by atoms with Crippen molar-refractivity contribution in [1.82, 2.24) is 5.32 Å². The van der Waals surface area contributed by atoms with Gasteiger partial charge in [-0.05, 0) is 38.1 Å². The molecule has 0 spiro atoms. The van der Waals surface area contributed by atoms with Gasteiger partial charge in [-0.25, -0.2) is 0 Å². The summed E-state index contributed by atoms with van der Waals surface area (Å²) in [7, 11) is 1.00. The average molecular weight is 322 g/mol. The summed E-state index contributed by atoms with van der Waals surface area (Å²) in [5, 5.41) is 17.4. The summed E-state index contributed by atoms with van der Waals surface area (Å²) in [4.78, 5) is 8.36. The molecule has 1 aliphatic carbocycles. The zero-order valence-electron chi connectivity index (χ0n) is 14.9. The molecule has 3 N–H and O–H groups in total.